The molecule has 0 unspecified atom stereocenters. The smallest absolute Gasteiger partial charge is 0.264 e. The normalized spacial score (nSPS) is 11.1. The zero-order chi connectivity index (χ0) is 20.1. The van der Waals surface area contributed by atoms with Gasteiger partial charge in [0.2, 0.25) is 5.95 Å². The van der Waals surface area contributed by atoms with Crippen LogP contribution in [0.5, 0.6) is 11.5 Å². The summed E-state index contributed by atoms with van der Waals surface area (Å²) in [5, 5.41) is 9.50. The summed E-state index contributed by atoms with van der Waals surface area (Å²) < 4.78 is 10.5. The van der Waals surface area contributed by atoms with E-state index in [2.05, 4.69) is 53.4 Å². The molecule has 0 fully saturated rings. The van der Waals surface area contributed by atoms with Gasteiger partial charge in [-0.15, -0.1) is 5.10 Å². The van der Waals surface area contributed by atoms with Crippen LogP contribution in [0.2, 0.25) is 0 Å². The third-order valence-electron chi connectivity index (χ3n) is 4.19. The molecule has 1 amide bonds. The van der Waals surface area contributed by atoms with Crippen LogP contribution in [0, 0.1) is 0 Å². The molecule has 28 heavy (non-hydrogen) atoms. The number of amides is 1. The molecule has 0 atom stereocenters. The van der Waals surface area contributed by atoms with Crippen LogP contribution in [0.15, 0.2) is 48.5 Å². The number of anilines is 1. The summed E-state index contributed by atoms with van der Waals surface area (Å²) >= 11 is 0. The van der Waals surface area contributed by atoms with Gasteiger partial charge in [-0.25, -0.2) is 0 Å². The number of rotatable bonds is 6. The van der Waals surface area contributed by atoms with E-state index in [-0.39, 0.29) is 23.9 Å². The van der Waals surface area contributed by atoms with Crippen LogP contribution in [0.1, 0.15) is 26.3 Å². The van der Waals surface area contributed by atoms with Gasteiger partial charge in [-0.05, 0) is 35.2 Å². The molecule has 3 rings (SSSR count). The standard InChI is InChI=1S/C21H24N4O3/c1-21(2,3)15-7-5-14(6-8-15)19-23-20(25-24-19)22-18(26)13-28-17-11-9-16(27-4)10-12-17/h5-12H,13H2,1-4H3,(H2,22,23,24,25,26). The molecular formula is C21H24N4O3. The van der Waals surface area contributed by atoms with E-state index in [1.54, 1.807) is 31.4 Å². The molecule has 0 saturated carbocycles. The first-order valence-corrected chi connectivity index (χ1v) is 8.95. The number of aromatic nitrogens is 3. The summed E-state index contributed by atoms with van der Waals surface area (Å²) in [6.45, 7) is 6.35. The lowest BCUT2D eigenvalue weighted by molar-refractivity contribution is -0.118. The minimum absolute atomic E-state index is 0.0863. The maximum atomic E-state index is 12.1. The highest BCUT2D eigenvalue weighted by atomic mass is 16.5. The van der Waals surface area contributed by atoms with Gasteiger partial charge in [-0.1, -0.05) is 45.0 Å². The van der Waals surface area contributed by atoms with Gasteiger partial charge in [0.05, 0.1) is 7.11 Å². The number of hydrogen-bond acceptors (Lipinski definition) is 5. The molecule has 1 aromatic heterocycles. The Morgan fingerprint density at radius 2 is 1.68 bits per heavy atom. The molecular weight excluding hydrogens is 356 g/mol. The number of carbonyl (C=O) groups is 1. The molecule has 7 nitrogen and oxygen atoms in total. The van der Waals surface area contributed by atoms with Crippen LogP contribution in [-0.2, 0) is 10.2 Å². The van der Waals surface area contributed by atoms with Crippen molar-refractivity contribution in [2.24, 2.45) is 0 Å². The summed E-state index contributed by atoms with van der Waals surface area (Å²) in [6.07, 6.45) is 0. The van der Waals surface area contributed by atoms with Gasteiger partial charge in [0.15, 0.2) is 12.4 Å². The lowest BCUT2D eigenvalue weighted by atomic mass is 9.87. The fourth-order valence-electron chi connectivity index (χ4n) is 2.56. The van der Waals surface area contributed by atoms with Crippen LogP contribution in [0.25, 0.3) is 11.4 Å². The lowest BCUT2D eigenvalue weighted by Gasteiger charge is -2.18. The number of nitrogens with one attached hydrogen (secondary N) is 2. The molecule has 0 saturated heterocycles. The van der Waals surface area contributed by atoms with Gasteiger partial charge in [0.25, 0.3) is 5.91 Å². The summed E-state index contributed by atoms with van der Waals surface area (Å²) in [4.78, 5) is 16.4. The van der Waals surface area contributed by atoms with Crippen molar-refractivity contribution in [1.82, 2.24) is 15.2 Å². The lowest BCUT2D eigenvalue weighted by Crippen LogP contribution is -2.20. The molecule has 146 valence electrons. The Bertz CT molecular complexity index is 926. The van der Waals surface area contributed by atoms with Gasteiger partial charge in [0, 0.05) is 5.56 Å². The molecule has 0 aliphatic rings. The predicted molar refractivity (Wildman–Crippen MR) is 108 cm³/mol. The number of ether oxygens (including phenoxy) is 2. The van der Waals surface area contributed by atoms with Crippen molar-refractivity contribution in [3.05, 3.63) is 54.1 Å². The Balaban J connectivity index is 1.57. The molecule has 1 heterocycles. The molecule has 0 radical (unpaired) electrons. The number of carbonyl (C=O) groups excluding carboxylic acids is 1. The Hall–Kier alpha value is -3.35. The second kappa shape index (κ2) is 8.12. The average molecular weight is 380 g/mol. The van der Waals surface area contributed by atoms with Gasteiger partial charge in [-0.3, -0.25) is 15.2 Å². The Morgan fingerprint density at radius 3 is 2.29 bits per heavy atom. The highest BCUT2D eigenvalue weighted by Crippen LogP contribution is 2.25. The third kappa shape index (κ3) is 4.88. The molecule has 0 spiro atoms. The number of hydrogen-bond donors (Lipinski definition) is 2. The third-order valence-corrected chi connectivity index (χ3v) is 4.19. The largest absolute Gasteiger partial charge is 0.497 e. The SMILES string of the molecule is COc1ccc(OCC(=O)Nc2n[nH]c(-c3ccc(C(C)(C)C)cc3)n2)cc1. The van der Waals surface area contributed by atoms with Crippen molar-refractivity contribution in [2.75, 3.05) is 19.0 Å². The van der Waals surface area contributed by atoms with Gasteiger partial charge >= 0.3 is 0 Å². The van der Waals surface area contributed by atoms with E-state index in [9.17, 15) is 4.79 Å². The summed E-state index contributed by atoms with van der Waals surface area (Å²) in [7, 11) is 1.59. The van der Waals surface area contributed by atoms with Crippen molar-refractivity contribution >= 4 is 11.9 Å². The minimum atomic E-state index is -0.343. The zero-order valence-corrected chi connectivity index (χ0v) is 16.4. The maximum absolute atomic E-state index is 12.1. The number of benzene rings is 2. The highest BCUT2D eigenvalue weighted by Gasteiger charge is 2.14. The van der Waals surface area contributed by atoms with Crippen LogP contribution >= 0.6 is 0 Å². The van der Waals surface area contributed by atoms with Gasteiger partial charge in [-0.2, -0.15) is 4.98 Å². The quantitative estimate of drug-likeness (QED) is 0.679. The van der Waals surface area contributed by atoms with Crippen molar-refractivity contribution in [2.45, 2.75) is 26.2 Å². The van der Waals surface area contributed by atoms with Crippen molar-refractivity contribution < 1.29 is 14.3 Å². The topological polar surface area (TPSA) is 89.1 Å². The van der Waals surface area contributed by atoms with Crippen molar-refractivity contribution in [3.63, 3.8) is 0 Å². The summed E-state index contributed by atoms with van der Waals surface area (Å²) in [5.41, 5.74) is 2.22. The number of aromatic amines is 1. The Morgan fingerprint density at radius 1 is 1.04 bits per heavy atom. The second-order valence-corrected chi connectivity index (χ2v) is 7.35. The second-order valence-electron chi connectivity index (χ2n) is 7.35. The fraction of sp³-hybridized carbons (Fsp3) is 0.286. The number of H-pyrrole nitrogens is 1. The van der Waals surface area contributed by atoms with E-state index < -0.39 is 0 Å². The van der Waals surface area contributed by atoms with Crippen LogP contribution in [0.3, 0.4) is 0 Å². The van der Waals surface area contributed by atoms with Crippen LogP contribution in [-0.4, -0.2) is 34.8 Å². The number of methoxy groups -OCH3 is 1. The van der Waals surface area contributed by atoms with Gasteiger partial charge in [0.1, 0.15) is 11.5 Å². The van der Waals surface area contributed by atoms with E-state index in [1.165, 1.54) is 5.56 Å². The van der Waals surface area contributed by atoms with E-state index >= 15 is 0 Å². The molecule has 2 N–H and O–H groups in total. The zero-order valence-electron chi connectivity index (χ0n) is 16.4. The predicted octanol–water partition coefficient (Wildman–Crippen LogP) is 3.80. The summed E-state index contributed by atoms with van der Waals surface area (Å²) in [6, 6.07) is 15.1. The van der Waals surface area contributed by atoms with Crippen LogP contribution in [0.4, 0.5) is 5.95 Å². The molecule has 0 aliphatic carbocycles. The number of nitrogens with zero attached hydrogens (tertiary/aromatic N) is 2. The fourth-order valence-corrected chi connectivity index (χ4v) is 2.56. The van der Waals surface area contributed by atoms with Gasteiger partial charge < -0.3 is 9.47 Å². The first-order valence-electron chi connectivity index (χ1n) is 8.95. The molecule has 3 aromatic rings. The summed E-state index contributed by atoms with van der Waals surface area (Å²) in [5.74, 6) is 1.75. The monoisotopic (exact) mass is 380 g/mol. The van der Waals surface area contributed by atoms with Crippen molar-refractivity contribution in [1.29, 1.82) is 0 Å². The molecule has 7 heteroatoms. The molecule has 0 bridgehead atoms. The van der Waals surface area contributed by atoms with E-state index in [0.29, 0.717) is 11.6 Å². The average Bonchev–Trinajstić information content (AvgIpc) is 3.14. The minimum Gasteiger partial charge on any atom is -0.497 e. The van der Waals surface area contributed by atoms with E-state index in [1.807, 2.05) is 12.1 Å². The molecule has 0 aliphatic heterocycles. The van der Waals surface area contributed by atoms with E-state index in [0.717, 1.165) is 11.3 Å². The van der Waals surface area contributed by atoms with E-state index in [4.69, 9.17) is 9.47 Å². The highest BCUT2D eigenvalue weighted by molar-refractivity contribution is 5.90. The first-order chi connectivity index (χ1) is 13.3. The Kier molecular flexibility index (Phi) is 5.63. The maximum Gasteiger partial charge on any atom is 0.264 e. The first kappa shape index (κ1) is 19.4. The Labute approximate surface area is 164 Å². The molecule has 2 aromatic carbocycles. The van der Waals surface area contributed by atoms with Crippen LogP contribution < -0.4 is 14.8 Å². The van der Waals surface area contributed by atoms with Crippen molar-refractivity contribution in [3.8, 4) is 22.9 Å².